The van der Waals surface area contributed by atoms with Gasteiger partial charge in [-0.1, -0.05) is 60.7 Å². The van der Waals surface area contributed by atoms with Gasteiger partial charge in [0, 0.05) is 5.56 Å². The lowest BCUT2D eigenvalue weighted by atomic mass is 10.2. The molecule has 0 aliphatic carbocycles. The van der Waals surface area contributed by atoms with E-state index in [-0.39, 0.29) is 5.69 Å². The highest BCUT2D eigenvalue weighted by Crippen LogP contribution is 2.13. The minimum atomic E-state index is -0.278. The smallest absolute Gasteiger partial charge is 0.315 e. The molecule has 1 heterocycles. The number of aromatic amines is 1. The highest BCUT2D eigenvalue weighted by Gasteiger charge is 2.09. The minimum absolute atomic E-state index is 0.278. The number of benzene rings is 2. The van der Waals surface area contributed by atoms with E-state index in [4.69, 9.17) is 0 Å². The van der Waals surface area contributed by atoms with Crippen LogP contribution in [0.4, 0.5) is 0 Å². The maximum atomic E-state index is 11.8. The van der Waals surface area contributed by atoms with E-state index in [1.165, 1.54) is 4.68 Å². The van der Waals surface area contributed by atoms with Gasteiger partial charge in [0.1, 0.15) is 0 Å². The molecule has 5 heteroatoms. The Morgan fingerprint density at radius 1 is 1.00 bits per heavy atom. The number of hydrogen-bond donors (Lipinski definition) is 2. The lowest BCUT2D eigenvalue weighted by Crippen LogP contribution is -2.27. The zero-order valence-electron chi connectivity index (χ0n) is 10.8. The highest BCUT2D eigenvalue weighted by molar-refractivity contribution is 5.54. The number of aromatic nitrogens is 3. The van der Waals surface area contributed by atoms with E-state index >= 15 is 0 Å². The Bertz CT molecular complexity index is 731. The van der Waals surface area contributed by atoms with Gasteiger partial charge in [-0.15, -0.1) is 0 Å². The first kappa shape index (κ1) is 12.2. The summed E-state index contributed by atoms with van der Waals surface area (Å²) in [5, 5.41) is 6.53. The fraction of sp³-hybridized carbons (Fsp3) is 0.0667. The molecule has 0 aliphatic heterocycles. The molecule has 0 unspecified atom stereocenters. The average Bonchev–Trinajstić information content (AvgIpc) is 2.88. The van der Waals surface area contributed by atoms with E-state index in [2.05, 4.69) is 15.6 Å². The van der Waals surface area contributed by atoms with Gasteiger partial charge in [-0.05, 0) is 5.56 Å². The molecule has 0 fully saturated rings. The van der Waals surface area contributed by atoms with Crippen molar-refractivity contribution in [3.05, 3.63) is 76.7 Å². The molecule has 0 saturated heterocycles. The Morgan fingerprint density at radius 3 is 2.35 bits per heavy atom. The standard InChI is InChI=1S/C15H14N4O/c20-15-18-17-14(13-9-5-2-6-10-13)19(15)16-11-12-7-3-1-4-8-12/h1-10,16H,11H2,(H,18,20). The van der Waals surface area contributed by atoms with Crippen molar-refractivity contribution in [1.29, 1.82) is 0 Å². The van der Waals surface area contributed by atoms with Gasteiger partial charge in [0.25, 0.3) is 0 Å². The third-order valence-electron chi connectivity index (χ3n) is 2.99. The summed E-state index contributed by atoms with van der Waals surface area (Å²) < 4.78 is 1.43. The summed E-state index contributed by atoms with van der Waals surface area (Å²) in [5.74, 6) is 0.575. The molecule has 2 N–H and O–H groups in total. The van der Waals surface area contributed by atoms with E-state index < -0.39 is 0 Å². The monoisotopic (exact) mass is 266 g/mol. The van der Waals surface area contributed by atoms with Crippen LogP contribution in [0, 0.1) is 0 Å². The third kappa shape index (κ3) is 2.47. The molecule has 0 atom stereocenters. The van der Waals surface area contributed by atoms with Crippen LogP contribution in [-0.4, -0.2) is 14.9 Å². The van der Waals surface area contributed by atoms with E-state index in [1.54, 1.807) is 0 Å². The number of nitrogens with one attached hydrogen (secondary N) is 2. The van der Waals surface area contributed by atoms with Crippen LogP contribution in [0.2, 0.25) is 0 Å². The molecule has 1 aromatic heterocycles. The second kappa shape index (κ2) is 5.44. The van der Waals surface area contributed by atoms with Crippen molar-refractivity contribution in [2.75, 3.05) is 5.43 Å². The Morgan fingerprint density at radius 2 is 1.65 bits per heavy atom. The van der Waals surface area contributed by atoms with Crippen LogP contribution in [-0.2, 0) is 6.54 Å². The van der Waals surface area contributed by atoms with Gasteiger partial charge in [0.05, 0.1) is 6.54 Å². The Hall–Kier alpha value is -2.82. The van der Waals surface area contributed by atoms with Crippen LogP contribution in [0.3, 0.4) is 0 Å². The SMILES string of the molecule is O=c1[nH]nc(-c2ccccc2)n1NCc1ccccc1. The van der Waals surface area contributed by atoms with Gasteiger partial charge in [-0.2, -0.15) is 9.77 Å². The summed E-state index contributed by atoms with van der Waals surface area (Å²) in [7, 11) is 0. The van der Waals surface area contributed by atoms with E-state index in [9.17, 15) is 4.79 Å². The fourth-order valence-electron chi connectivity index (χ4n) is 1.99. The van der Waals surface area contributed by atoms with E-state index in [0.717, 1.165) is 11.1 Å². The van der Waals surface area contributed by atoms with Crippen LogP contribution in [0.25, 0.3) is 11.4 Å². The Kier molecular flexibility index (Phi) is 3.33. The van der Waals surface area contributed by atoms with E-state index in [1.807, 2.05) is 60.7 Å². The number of rotatable bonds is 4. The first-order valence-electron chi connectivity index (χ1n) is 6.35. The van der Waals surface area contributed by atoms with Crippen molar-refractivity contribution in [3.8, 4) is 11.4 Å². The summed E-state index contributed by atoms with van der Waals surface area (Å²) in [6.07, 6.45) is 0. The zero-order chi connectivity index (χ0) is 13.8. The van der Waals surface area contributed by atoms with E-state index in [0.29, 0.717) is 12.4 Å². The second-order valence-electron chi connectivity index (χ2n) is 4.37. The molecule has 0 saturated carbocycles. The van der Waals surface area contributed by atoms with Gasteiger partial charge in [0.2, 0.25) is 0 Å². The first-order valence-corrected chi connectivity index (χ1v) is 6.35. The normalized spacial score (nSPS) is 10.4. The van der Waals surface area contributed by atoms with Crippen LogP contribution >= 0.6 is 0 Å². The maximum absolute atomic E-state index is 11.8. The fourth-order valence-corrected chi connectivity index (χ4v) is 1.99. The molecule has 20 heavy (non-hydrogen) atoms. The number of nitrogens with zero attached hydrogens (tertiary/aromatic N) is 2. The summed E-state index contributed by atoms with van der Waals surface area (Å²) in [6.45, 7) is 0.556. The van der Waals surface area contributed by atoms with Crippen LogP contribution in [0.1, 0.15) is 5.56 Å². The van der Waals surface area contributed by atoms with Gasteiger partial charge in [0.15, 0.2) is 5.82 Å². The van der Waals surface area contributed by atoms with Crippen molar-refractivity contribution in [3.63, 3.8) is 0 Å². The predicted octanol–water partition coefficient (Wildman–Crippen LogP) is 1.98. The van der Waals surface area contributed by atoms with Gasteiger partial charge < -0.3 is 5.43 Å². The highest BCUT2D eigenvalue weighted by atomic mass is 16.2. The second-order valence-corrected chi connectivity index (χ2v) is 4.37. The number of hydrogen-bond acceptors (Lipinski definition) is 3. The molecule has 3 rings (SSSR count). The minimum Gasteiger partial charge on any atom is -0.315 e. The number of H-pyrrole nitrogens is 1. The molecule has 2 aromatic carbocycles. The molecular weight excluding hydrogens is 252 g/mol. The maximum Gasteiger partial charge on any atom is 0.362 e. The molecule has 3 aromatic rings. The molecule has 0 amide bonds. The molecule has 100 valence electrons. The van der Waals surface area contributed by atoms with Crippen molar-refractivity contribution < 1.29 is 0 Å². The summed E-state index contributed by atoms with van der Waals surface area (Å²) in [4.78, 5) is 11.8. The molecule has 5 nitrogen and oxygen atoms in total. The van der Waals surface area contributed by atoms with Crippen LogP contribution < -0.4 is 11.1 Å². The largest absolute Gasteiger partial charge is 0.362 e. The summed E-state index contributed by atoms with van der Waals surface area (Å²) in [5.41, 5.74) is 4.79. The van der Waals surface area contributed by atoms with Crippen LogP contribution in [0.15, 0.2) is 65.5 Å². The quantitative estimate of drug-likeness (QED) is 0.759. The van der Waals surface area contributed by atoms with Crippen molar-refractivity contribution >= 4 is 0 Å². The zero-order valence-corrected chi connectivity index (χ0v) is 10.8. The molecule has 0 bridgehead atoms. The summed E-state index contributed by atoms with van der Waals surface area (Å²) >= 11 is 0. The lowest BCUT2D eigenvalue weighted by molar-refractivity contribution is 0.811. The first-order chi connectivity index (χ1) is 9.84. The lowest BCUT2D eigenvalue weighted by Gasteiger charge is -2.08. The third-order valence-corrected chi connectivity index (χ3v) is 2.99. The molecular formula is C15H14N4O. The Labute approximate surface area is 115 Å². The topological polar surface area (TPSA) is 62.7 Å². The van der Waals surface area contributed by atoms with Gasteiger partial charge in [-0.25, -0.2) is 9.89 Å². The predicted molar refractivity (Wildman–Crippen MR) is 77.8 cm³/mol. The van der Waals surface area contributed by atoms with Gasteiger partial charge >= 0.3 is 5.69 Å². The van der Waals surface area contributed by atoms with Crippen LogP contribution in [0.5, 0.6) is 0 Å². The van der Waals surface area contributed by atoms with Gasteiger partial charge in [-0.3, -0.25) is 0 Å². The van der Waals surface area contributed by atoms with Crippen molar-refractivity contribution in [2.45, 2.75) is 6.54 Å². The average molecular weight is 266 g/mol. The molecule has 0 radical (unpaired) electrons. The molecule has 0 spiro atoms. The van der Waals surface area contributed by atoms with Crippen molar-refractivity contribution in [1.82, 2.24) is 14.9 Å². The molecule has 0 aliphatic rings. The van der Waals surface area contributed by atoms with Crippen molar-refractivity contribution in [2.24, 2.45) is 0 Å². The summed E-state index contributed by atoms with van der Waals surface area (Å²) in [6, 6.07) is 19.5. The Balaban J connectivity index is 1.87.